The Morgan fingerprint density at radius 3 is 2.53 bits per heavy atom. The molecule has 0 unspecified atom stereocenters. The van der Waals surface area contributed by atoms with E-state index in [0.29, 0.717) is 13.0 Å². The molecule has 0 aromatic heterocycles. The van der Waals surface area contributed by atoms with Crippen molar-refractivity contribution < 1.29 is 13.2 Å². The van der Waals surface area contributed by atoms with Crippen LogP contribution < -0.4 is 4.72 Å². The van der Waals surface area contributed by atoms with E-state index in [0.717, 1.165) is 0 Å². The lowest BCUT2D eigenvalue weighted by atomic mass is 9.97. The summed E-state index contributed by atoms with van der Waals surface area (Å²) in [6, 6.07) is 2.03. The van der Waals surface area contributed by atoms with Gasteiger partial charge in [0.15, 0.2) is 0 Å². The minimum atomic E-state index is -3.28. The van der Waals surface area contributed by atoms with E-state index in [4.69, 9.17) is 10.00 Å². The summed E-state index contributed by atoms with van der Waals surface area (Å²) >= 11 is 0. The van der Waals surface area contributed by atoms with Crippen molar-refractivity contribution in [2.75, 3.05) is 26.0 Å². The topological polar surface area (TPSA) is 79.2 Å². The molecule has 0 aliphatic rings. The average Bonchev–Trinajstić information content (AvgIpc) is 2.16. The first-order chi connectivity index (χ1) is 6.83. The molecule has 5 nitrogen and oxygen atoms in total. The molecule has 6 heteroatoms. The summed E-state index contributed by atoms with van der Waals surface area (Å²) in [4.78, 5) is 0. The molecule has 0 aromatic rings. The van der Waals surface area contributed by atoms with Crippen molar-refractivity contribution in [3.63, 3.8) is 0 Å². The van der Waals surface area contributed by atoms with Crippen LogP contribution in [0.5, 0.6) is 0 Å². The minimum Gasteiger partial charge on any atom is -0.385 e. The first kappa shape index (κ1) is 14.4. The fourth-order valence-electron chi connectivity index (χ4n) is 0.795. The van der Waals surface area contributed by atoms with Crippen LogP contribution in [-0.4, -0.2) is 34.4 Å². The molecule has 0 spiro atoms. The third kappa shape index (κ3) is 7.31. The second kappa shape index (κ2) is 6.05. The van der Waals surface area contributed by atoms with Crippen LogP contribution in [-0.2, 0) is 14.8 Å². The molecule has 0 radical (unpaired) electrons. The molecule has 0 amide bonds. The van der Waals surface area contributed by atoms with Crippen molar-refractivity contribution in [3.8, 4) is 6.07 Å². The third-order valence-electron chi connectivity index (χ3n) is 1.80. The van der Waals surface area contributed by atoms with Crippen molar-refractivity contribution >= 4 is 10.0 Å². The van der Waals surface area contributed by atoms with Gasteiger partial charge in [-0.1, -0.05) is 0 Å². The van der Waals surface area contributed by atoms with Crippen LogP contribution in [0, 0.1) is 16.7 Å². The maximum absolute atomic E-state index is 11.4. The smallest absolute Gasteiger partial charge is 0.211 e. The van der Waals surface area contributed by atoms with E-state index in [9.17, 15) is 8.42 Å². The highest BCUT2D eigenvalue weighted by Gasteiger charge is 2.20. The number of rotatable bonds is 7. The van der Waals surface area contributed by atoms with Crippen LogP contribution in [0.1, 0.15) is 20.3 Å². The van der Waals surface area contributed by atoms with E-state index in [1.807, 2.05) is 6.07 Å². The van der Waals surface area contributed by atoms with Gasteiger partial charge in [0.1, 0.15) is 0 Å². The monoisotopic (exact) mass is 234 g/mol. The normalized spacial score (nSPS) is 12.4. The highest BCUT2D eigenvalue weighted by Crippen LogP contribution is 2.11. The quantitative estimate of drug-likeness (QED) is 0.650. The summed E-state index contributed by atoms with van der Waals surface area (Å²) in [5.74, 6) is 0.0301. The Morgan fingerprint density at radius 2 is 2.07 bits per heavy atom. The van der Waals surface area contributed by atoms with Crippen LogP contribution in [0.4, 0.5) is 0 Å². The van der Waals surface area contributed by atoms with Gasteiger partial charge in [0.25, 0.3) is 0 Å². The molecule has 0 bridgehead atoms. The molecule has 0 atom stereocenters. The summed E-state index contributed by atoms with van der Waals surface area (Å²) in [6.07, 6.45) is 0.457. The fraction of sp³-hybridized carbons (Fsp3) is 0.889. The van der Waals surface area contributed by atoms with E-state index < -0.39 is 15.4 Å². The first-order valence-electron chi connectivity index (χ1n) is 4.70. The predicted octanol–water partition coefficient (Wildman–Crippen LogP) is 0.492. The van der Waals surface area contributed by atoms with Crippen molar-refractivity contribution in [2.24, 2.45) is 5.41 Å². The van der Waals surface area contributed by atoms with E-state index in [2.05, 4.69) is 4.72 Å². The molecule has 0 saturated heterocycles. The zero-order valence-electron chi connectivity index (χ0n) is 9.41. The maximum atomic E-state index is 11.4. The molecule has 88 valence electrons. The number of sulfonamides is 1. The lowest BCUT2D eigenvalue weighted by Gasteiger charge is -2.15. The Bertz CT molecular complexity index is 317. The summed E-state index contributed by atoms with van der Waals surface area (Å²) in [7, 11) is -1.75. The van der Waals surface area contributed by atoms with Gasteiger partial charge < -0.3 is 4.74 Å². The molecular weight excluding hydrogens is 216 g/mol. The number of nitrogens with zero attached hydrogens (tertiary/aromatic N) is 1. The largest absolute Gasteiger partial charge is 0.385 e. The Kier molecular flexibility index (Phi) is 5.80. The van der Waals surface area contributed by atoms with Gasteiger partial charge in [0, 0.05) is 20.3 Å². The van der Waals surface area contributed by atoms with Gasteiger partial charge in [0.2, 0.25) is 10.0 Å². The maximum Gasteiger partial charge on any atom is 0.211 e. The van der Waals surface area contributed by atoms with Gasteiger partial charge in [-0.15, -0.1) is 0 Å². The number of methoxy groups -OCH3 is 1. The molecule has 0 rings (SSSR count). The zero-order valence-corrected chi connectivity index (χ0v) is 10.2. The molecule has 1 N–H and O–H groups in total. The number of nitriles is 1. The molecule has 0 aliphatic carbocycles. The first-order valence-corrected chi connectivity index (χ1v) is 6.36. The van der Waals surface area contributed by atoms with Crippen LogP contribution in [0.15, 0.2) is 0 Å². The van der Waals surface area contributed by atoms with Crippen molar-refractivity contribution in [1.29, 1.82) is 5.26 Å². The van der Waals surface area contributed by atoms with Crippen molar-refractivity contribution in [1.82, 2.24) is 4.72 Å². The average molecular weight is 234 g/mol. The minimum absolute atomic E-state index is 0.0301. The highest BCUT2D eigenvalue weighted by molar-refractivity contribution is 7.89. The molecule has 0 saturated carbocycles. The van der Waals surface area contributed by atoms with E-state index in [1.165, 1.54) is 7.11 Å². The van der Waals surface area contributed by atoms with E-state index >= 15 is 0 Å². The highest BCUT2D eigenvalue weighted by atomic mass is 32.2. The lowest BCUT2D eigenvalue weighted by molar-refractivity contribution is 0.199. The summed E-state index contributed by atoms with van der Waals surface area (Å²) < 4.78 is 29.9. The third-order valence-corrected chi connectivity index (χ3v) is 3.21. The van der Waals surface area contributed by atoms with Crippen LogP contribution in [0.3, 0.4) is 0 Å². The molecule has 0 heterocycles. The summed E-state index contributed by atoms with van der Waals surface area (Å²) in [5, 5.41) is 8.70. The number of ether oxygens (including phenoxy) is 1. The van der Waals surface area contributed by atoms with E-state index in [-0.39, 0.29) is 12.3 Å². The van der Waals surface area contributed by atoms with Gasteiger partial charge >= 0.3 is 0 Å². The second-order valence-electron chi connectivity index (χ2n) is 3.98. The fourth-order valence-corrected chi connectivity index (χ4v) is 2.02. The van der Waals surface area contributed by atoms with E-state index in [1.54, 1.807) is 13.8 Å². The van der Waals surface area contributed by atoms with Gasteiger partial charge in [-0.05, 0) is 20.3 Å². The molecule has 0 fully saturated rings. The van der Waals surface area contributed by atoms with Crippen LogP contribution in [0.2, 0.25) is 0 Å². The SMILES string of the molecule is COCCCS(=O)(=O)NCC(C)(C)C#N. The molecule has 0 aliphatic heterocycles. The Morgan fingerprint density at radius 1 is 1.47 bits per heavy atom. The van der Waals surface area contributed by atoms with Crippen molar-refractivity contribution in [3.05, 3.63) is 0 Å². The van der Waals surface area contributed by atoms with Gasteiger partial charge in [-0.25, -0.2) is 13.1 Å². The van der Waals surface area contributed by atoms with Crippen molar-refractivity contribution in [2.45, 2.75) is 20.3 Å². The number of hydrogen-bond acceptors (Lipinski definition) is 4. The number of nitrogens with one attached hydrogen (secondary N) is 1. The summed E-state index contributed by atoms with van der Waals surface area (Å²) in [5.41, 5.74) is -0.672. The lowest BCUT2D eigenvalue weighted by Crippen LogP contribution is -2.34. The second-order valence-corrected chi connectivity index (χ2v) is 5.91. The zero-order chi connectivity index (χ0) is 11.9. The molecule has 15 heavy (non-hydrogen) atoms. The van der Waals surface area contributed by atoms with Gasteiger partial charge in [-0.2, -0.15) is 5.26 Å². The standard InChI is InChI=1S/C9H18N2O3S/c1-9(2,7-10)8-11-15(12,13)6-4-5-14-3/h11H,4-6,8H2,1-3H3. The van der Waals surface area contributed by atoms with Gasteiger partial charge in [0.05, 0.1) is 17.2 Å². The Hall–Kier alpha value is -0.640. The Balaban J connectivity index is 4.01. The number of hydrogen-bond donors (Lipinski definition) is 1. The van der Waals surface area contributed by atoms with Crippen LogP contribution >= 0.6 is 0 Å². The Labute approximate surface area is 91.5 Å². The van der Waals surface area contributed by atoms with Gasteiger partial charge in [-0.3, -0.25) is 0 Å². The predicted molar refractivity (Wildman–Crippen MR) is 57.7 cm³/mol. The van der Waals surface area contributed by atoms with Crippen LogP contribution in [0.25, 0.3) is 0 Å². The molecular formula is C9H18N2O3S. The molecule has 0 aromatic carbocycles. The summed E-state index contributed by atoms with van der Waals surface area (Å²) in [6.45, 7) is 3.93.